The van der Waals surface area contributed by atoms with Gasteiger partial charge < -0.3 is 30.2 Å². The van der Waals surface area contributed by atoms with E-state index in [0.717, 1.165) is 34.3 Å². The van der Waals surface area contributed by atoms with Crippen molar-refractivity contribution in [1.29, 1.82) is 0 Å². The monoisotopic (exact) mass is 562 g/mol. The molecule has 1 heterocycles. The fraction of sp³-hybridized carbons (Fsp3) is 0.214. The van der Waals surface area contributed by atoms with Crippen molar-refractivity contribution >= 4 is 57.3 Å². The lowest BCUT2D eigenvalue weighted by molar-refractivity contribution is 0.340. The number of hydrogen-bond acceptors (Lipinski definition) is 10. The maximum absolute atomic E-state index is 5.58. The van der Waals surface area contributed by atoms with Crippen molar-refractivity contribution in [3.8, 4) is 17.2 Å². The first-order valence-electron chi connectivity index (χ1n) is 12.5. The first kappa shape index (κ1) is 27.9. The van der Waals surface area contributed by atoms with Crippen LogP contribution in [-0.4, -0.2) is 39.1 Å². The zero-order valence-corrected chi connectivity index (χ0v) is 23.6. The van der Waals surface area contributed by atoms with E-state index in [1.807, 2.05) is 93.6 Å². The Hall–Kier alpha value is -4.09. The second-order valence-electron chi connectivity index (χ2n) is 7.90. The highest BCUT2D eigenvalue weighted by molar-refractivity contribution is 8.23. The third-order valence-electron chi connectivity index (χ3n) is 5.05. The summed E-state index contributed by atoms with van der Waals surface area (Å²) in [6.45, 7) is 7.66. The van der Waals surface area contributed by atoms with E-state index in [9.17, 15) is 0 Å². The number of hydrogen-bond donors (Lipinski definition) is 3. The SMILES string of the molecule is CCOc1ccc(NC(=S)Sc2nc(Nc3ccc(OCC)cc3)nc(Nc3ccc(OCC)cc3)n2)cc1. The summed E-state index contributed by atoms with van der Waals surface area (Å²) in [6.07, 6.45) is 0. The lowest BCUT2D eigenvalue weighted by Gasteiger charge is -2.12. The van der Waals surface area contributed by atoms with Crippen LogP contribution in [0.3, 0.4) is 0 Å². The Bertz CT molecular complexity index is 1280. The molecule has 0 saturated carbocycles. The van der Waals surface area contributed by atoms with Crippen LogP contribution in [0.1, 0.15) is 20.8 Å². The van der Waals surface area contributed by atoms with Crippen LogP contribution < -0.4 is 30.2 Å². The fourth-order valence-corrected chi connectivity index (χ4v) is 4.34. The molecule has 0 aliphatic heterocycles. The van der Waals surface area contributed by atoms with Crippen LogP contribution in [0.15, 0.2) is 78.0 Å². The maximum Gasteiger partial charge on any atom is 0.233 e. The van der Waals surface area contributed by atoms with E-state index in [-0.39, 0.29) is 0 Å². The Kier molecular flexibility index (Phi) is 10.1. The van der Waals surface area contributed by atoms with E-state index in [1.54, 1.807) is 0 Å². The molecule has 0 aliphatic rings. The second-order valence-corrected chi connectivity index (χ2v) is 9.55. The van der Waals surface area contributed by atoms with Gasteiger partial charge in [-0.1, -0.05) is 12.2 Å². The number of ether oxygens (including phenoxy) is 3. The molecule has 4 aromatic rings. The van der Waals surface area contributed by atoms with E-state index in [1.165, 1.54) is 11.8 Å². The zero-order valence-electron chi connectivity index (χ0n) is 21.9. The maximum atomic E-state index is 5.58. The first-order chi connectivity index (χ1) is 19.0. The minimum absolute atomic E-state index is 0.369. The molecule has 0 atom stereocenters. The van der Waals surface area contributed by atoms with Gasteiger partial charge in [0.1, 0.15) is 21.6 Å². The Morgan fingerprint density at radius 1 is 0.615 bits per heavy atom. The molecular formula is C28H30N6O3S2. The molecule has 0 amide bonds. The second kappa shape index (κ2) is 14.2. The molecule has 3 aromatic carbocycles. The highest BCUT2D eigenvalue weighted by Gasteiger charge is 2.12. The third-order valence-corrected chi connectivity index (χ3v) is 6.06. The molecule has 0 aliphatic carbocycles. The molecule has 0 saturated heterocycles. The van der Waals surface area contributed by atoms with Crippen LogP contribution in [0.2, 0.25) is 0 Å². The molecule has 0 radical (unpaired) electrons. The van der Waals surface area contributed by atoms with E-state index < -0.39 is 0 Å². The van der Waals surface area contributed by atoms with Crippen LogP contribution in [0.25, 0.3) is 0 Å². The molecule has 39 heavy (non-hydrogen) atoms. The topological polar surface area (TPSA) is 102 Å². The minimum atomic E-state index is 0.369. The van der Waals surface area contributed by atoms with Crippen molar-refractivity contribution in [2.75, 3.05) is 35.8 Å². The standard InChI is InChI=1S/C28H30N6O3S2/c1-4-35-22-13-7-19(8-14-22)29-25-32-26(30-20-9-15-23(16-10-20)36-5-2)34-27(33-25)39-28(38)31-21-11-17-24(18-12-21)37-6-3/h7-18H,4-6H2,1-3H3,(H,31,38)(H2,29,30,32,33,34). The van der Waals surface area contributed by atoms with Gasteiger partial charge in [0, 0.05) is 17.1 Å². The number of rotatable bonds is 12. The summed E-state index contributed by atoms with van der Waals surface area (Å²) >= 11 is 6.81. The molecule has 1 aromatic heterocycles. The van der Waals surface area contributed by atoms with Gasteiger partial charge in [-0.15, -0.1) is 0 Å². The van der Waals surface area contributed by atoms with Gasteiger partial charge >= 0.3 is 0 Å². The van der Waals surface area contributed by atoms with Gasteiger partial charge in [-0.3, -0.25) is 0 Å². The summed E-state index contributed by atoms with van der Waals surface area (Å²) in [6, 6.07) is 22.7. The summed E-state index contributed by atoms with van der Waals surface area (Å²) < 4.78 is 17.1. The molecule has 0 fully saturated rings. The quantitative estimate of drug-likeness (QED) is 0.122. The van der Waals surface area contributed by atoms with Crippen LogP contribution in [0.4, 0.5) is 29.0 Å². The highest BCUT2D eigenvalue weighted by atomic mass is 32.2. The van der Waals surface area contributed by atoms with E-state index in [0.29, 0.717) is 41.2 Å². The number of thiocarbonyl (C=S) groups is 1. The summed E-state index contributed by atoms with van der Waals surface area (Å²) in [5.74, 6) is 3.12. The summed E-state index contributed by atoms with van der Waals surface area (Å²) in [7, 11) is 0. The predicted molar refractivity (Wildman–Crippen MR) is 161 cm³/mol. The molecule has 9 nitrogen and oxygen atoms in total. The summed E-state index contributed by atoms with van der Waals surface area (Å²) in [5, 5.41) is 10.1. The fourth-order valence-electron chi connectivity index (χ4n) is 3.40. The lowest BCUT2D eigenvalue weighted by Crippen LogP contribution is -2.09. The van der Waals surface area contributed by atoms with Gasteiger partial charge in [0.15, 0.2) is 0 Å². The van der Waals surface area contributed by atoms with Gasteiger partial charge in [0.25, 0.3) is 0 Å². The van der Waals surface area contributed by atoms with Crippen molar-refractivity contribution in [2.45, 2.75) is 25.9 Å². The Balaban J connectivity index is 1.52. The molecule has 4 rings (SSSR count). The number of nitrogens with one attached hydrogen (secondary N) is 3. The van der Waals surface area contributed by atoms with Gasteiger partial charge in [-0.05, 0) is 105 Å². The summed E-state index contributed by atoms with van der Waals surface area (Å²) in [4.78, 5) is 13.7. The van der Waals surface area contributed by atoms with Gasteiger partial charge in [-0.2, -0.15) is 15.0 Å². The predicted octanol–water partition coefficient (Wildman–Crippen LogP) is 7.04. The van der Waals surface area contributed by atoms with Crippen LogP contribution in [0, 0.1) is 0 Å². The van der Waals surface area contributed by atoms with Crippen molar-refractivity contribution < 1.29 is 14.2 Å². The first-order valence-corrected chi connectivity index (χ1v) is 13.7. The number of nitrogens with zero attached hydrogens (tertiary/aromatic N) is 3. The number of aromatic nitrogens is 3. The molecule has 0 spiro atoms. The van der Waals surface area contributed by atoms with E-state index >= 15 is 0 Å². The Morgan fingerprint density at radius 3 is 1.38 bits per heavy atom. The average molecular weight is 563 g/mol. The molecule has 0 unspecified atom stereocenters. The third kappa shape index (κ3) is 8.72. The Labute approximate surface area is 237 Å². The van der Waals surface area contributed by atoms with Crippen molar-refractivity contribution in [3.63, 3.8) is 0 Å². The van der Waals surface area contributed by atoms with Crippen LogP contribution >= 0.6 is 24.0 Å². The number of thioether (sulfide) groups is 1. The smallest absolute Gasteiger partial charge is 0.233 e. The zero-order chi connectivity index (χ0) is 27.5. The molecular weight excluding hydrogens is 532 g/mol. The summed E-state index contributed by atoms with van der Waals surface area (Å²) in [5.41, 5.74) is 2.45. The van der Waals surface area contributed by atoms with Gasteiger partial charge in [-0.25, -0.2) is 0 Å². The normalized spacial score (nSPS) is 10.4. The van der Waals surface area contributed by atoms with E-state index in [2.05, 4.69) is 30.9 Å². The average Bonchev–Trinajstić information content (AvgIpc) is 2.92. The highest BCUT2D eigenvalue weighted by Crippen LogP contribution is 2.25. The van der Waals surface area contributed by atoms with Crippen LogP contribution in [0.5, 0.6) is 17.2 Å². The van der Waals surface area contributed by atoms with Crippen LogP contribution in [-0.2, 0) is 0 Å². The van der Waals surface area contributed by atoms with Crippen molar-refractivity contribution in [3.05, 3.63) is 72.8 Å². The number of benzene rings is 3. The van der Waals surface area contributed by atoms with Crippen molar-refractivity contribution in [1.82, 2.24) is 15.0 Å². The molecule has 202 valence electrons. The largest absolute Gasteiger partial charge is 0.494 e. The molecule has 11 heteroatoms. The number of anilines is 5. The Morgan fingerprint density at radius 2 is 1.00 bits per heavy atom. The van der Waals surface area contributed by atoms with Gasteiger partial charge in [0.2, 0.25) is 17.1 Å². The molecule has 3 N–H and O–H groups in total. The van der Waals surface area contributed by atoms with Gasteiger partial charge in [0.05, 0.1) is 19.8 Å². The van der Waals surface area contributed by atoms with Crippen molar-refractivity contribution in [2.24, 2.45) is 0 Å². The molecule has 0 bridgehead atoms. The van der Waals surface area contributed by atoms with E-state index in [4.69, 9.17) is 26.4 Å². The lowest BCUT2D eigenvalue weighted by atomic mass is 10.3. The minimum Gasteiger partial charge on any atom is -0.494 e.